The van der Waals surface area contributed by atoms with Crippen LogP contribution in [0.2, 0.25) is 0 Å². The van der Waals surface area contributed by atoms with E-state index in [-0.39, 0.29) is 17.9 Å². The van der Waals surface area contributed by atoms with E-state index in [1.807, 2.05) is 0 Å². The number of nitrogens with one attached hydrogen (secondary N) is 1. The molecule has 96 valence electrons. The minimum absolute atomic E-state index is 0.00523. The van der Waals surface area contributed by atoms with E-state index in [1.165, 1.54) is 0 Å². The normalized spacial score (nSPS) is 19.4. The monoisotopic (exact) mass is 253 g/mol. The fraction of sp³-hybridized carbons (Fsp3) is 0.385. The SMILES string of the molecule is O=C(C[C@H]1CCCNC1=O)c1cc(F)cc(F)c1. The smallest absolute Gasteiger partial charge is 0.223 e. The summed E-state index contributed by atoms with van der Waals surface area (Å²) in [4.78, 5) is 23.3. The van der Waals surface area contributed by atoms with Crippen molar-refractivity contribution < 1.29 is 18.4 Å². The molecule has 1 aliphatic rings. The van der Waals surface area contributed by atoms with Crippen molar-refractivity contribution in [2.24, 2.45) is 5.92 Å². The zero-order chi connectivity index (χ0) is 13.1. The van der Waals surface area contributed by atoms with Crippen LogP contribution in [0.5, 0.6) is 0 Å². The lowest BCUT2D eigenvalue weighted by atomic mass is 9.91. The van der Waals surface area contributed by atoms with Crippen molar-refractivity contribution in [3.8, 4) is 0 Å². The van der Waals surface area contributed by atoms with Crippen LogP contribution in [0.25, 0.3) is 0 Å². The summed E-state index contributed by atoms with van der Waals surface area (Å²) in [5.74, 6) is -2.53. The molecule has 1 fully saturated rings. The first-order chi connectivity index (χ1) is 8.56. The topological polar surface area (TPSA) is 46.2 Å². The minimum Gasteiger partial charge on any atom is -0.356 e. The first-order valence-electron chi connectivity index (χ1n) is 5.83. The maximum Gasteiger partial charge on any atom is 0.223 e. The van der Waals surface area contributed by atoms with Gasteiger partial charge in [0.05, 0.1) is 0 Å². The van der Waals surface area contributed by atoms with E-state index in [4.69, 9.17) is 0 Å². The summed E-state index contributed by atoms with van der Waals surface area (Å²) in [5, 5.41) is 2.67. The van der Waals surface area contributed by atoms with Crippen LogP contribution >= 0.6 is 0 Å². The third-order valence-electron chi connectivity index (χ3n) is 3.02. The second-order valence-electron chi connectivity index (χ2n) is 4.42. The highest BCUT2D eigenvalue weighted by Gasteiger charge is 2.25. The van der Waals surface area contributed by atoms with Crippen LogP contribution in [0.4, 0.5) is 8.78 Å². The lowest BCUT2D eigenvalue weighted by molar-refractivity contribution is -0.126. The maximum atomic E-state index is 13.0. The fourth-order valence-electron chi connectivity index (χ4n) is 2.09. The highest BCUT2D eigenvalue weighted by atomic mass is 19.1. The van der Waals surface area contributed by atoms with Gasteiger partial charge in [-0.2, -0.15) is 0 Å². The summed E-state index contributed by atoms with van der Waals surface area (Å²) < 4.78 is 25.9. The number of amides is 1. The molecule has 1 saturated heterocycles. The summed E-state index contributed by atoms with van der Waals surface area (Å²) in [6.07, 6.45) is 1.45. The molecule has 0 saturated carbocycles. The summed E-state index contributed by atoms with van der Waals surface area (Å²) in [5.41, 5.74) is -0.0223. The third kappa shape index (κ3) is 2.91. The van der Waals surface area contributed by atoms with E-state index in [2.05, 4.69) is 5.32 Å². The van der Waals surface area contributed by atoms with E-state index in [1.54, 1.807) is 0 Å². The van der Waals surface area contributed by atoms with E-state index < -0.39 is 23.3 Å². The van der Waals surface area contributed by atoms with Crippen LogP contribution < -0.4 is 5.32 Å². The molecule has 1 N–H and O–H groups in total. The van der Waals surface area contributed by atoms with Crippen LogP contribution in [0, 0.1) is 17.6 Å². The average molecular weight is 253 g/mol. The highest BCUT2D eigenvalue weighted by Crippen LogP contribution is 2.19. The van der Waals surface area contributed by atoms with E-state index in [0.29, 0.717) is 19.0 Å². The molecule has 0 aliphatic carbocycles. The molecule has 0 aromatic heterocycles. The number of hydrogen-bond donors (Lipinski definition) is 1. The van der Waals surface area contributed by atoms with Crippen molar-refractivity contribution >= 4 is 11.7 Å². The lowest BCUT2D eigenvalue weighted by Gasteiger charge is -2.21. The molecule has 18 heavy (non-hydrogen) atoms. The van der Waals surface area contributed by atoms with E-state index in [0.717, 1.165) is 18.6 Å². The molecule has 1 aromatic carbocycles. The van der Waals surface area contributed by atoms with Gasteiger partial charge in [0.2, 0.25) is 5.91 Å². The van der Waals surface area contributed by atoms with Gasteiger partial charge in [-0.3, -0.25) is 9.59 Å². The van der Waals surface area contributed by atoms with Gasteiger partial charge in [-0.1, -0.05) is 0 Å². The fourth-order valence-corrected chi connectivity index (χ4v) is 2.09. The summed E-state index contributed by atoms with van der Waals surface area (Å²) >= 11 is 0. The predicted molar refractivity (Wildman–Crippen MR) is 61.0 cm³/mol. The van der Waals surface area contributed by atoms with Gasteiger partial charge in [-0.05, 0) is 25.0 Å². The molecule has 1 amide bonds. The van der Waals surface area contributed by atoms with E-state index >= 15 is 0 Å². The molecule has 2 rings (SSSR count). The molecule has 1 atom stereocenters. The first kappa shape index (κ1) is 12.7. The van der Waals surface area contributed by atoms with Crippen LogP contribution in [0.15, 0.2) is 18.2 Å². The Balaban J connectivity index is 2.09. The molecule has 0 radical (unpaired) electrons. The lowest BCUT2D eigenvalue weighted by Crippen LogP contribution is -2.37. The summed E-state index contributed by atoms with van der Waals surface area (Å²) in [6.45, 7) is 0.623. The largest absolute Gasteiger partial charge is 0.356 e. The number of halogens is 2. The highest BCUT2D eigenvalue weighted by molar-refractivity contribution is 5.98. The Kier molecular flexibility index (Phi) is 3.69. The summed E-state index contributed by atoms with van der Waals surface area (Å²) in [6, 6.07) is 2.70. The molecular weight excluding hydrogens is 240 g/mol. The molecule has 1 aliphatic heterocycles. The standard InChI is InChI=1S/C13H13F2NO2/c14-10-4-9(5-11(15)7-10)12(17)6-8-2-1-3-16-13(8)18/h4-5,7-8H,1-3,6H2,(H,16,18)/t8-/m1/s1. The Bertz CT molecular complexity index is 468. The second kappa shape index (κ2) is 5.25. The molecule has 3 nitrogen and oxygen atoms in total. The Morgan fingerprint density at radius 2 is 1.94 bits per heavy atom. The number of hydrogen-bond acceptors (Lipinski definition) is 2. The predicted octanol–water partition coefficient (Wildman–Crippen LogP) is 2.06. The Hall–Kier alpha value is -1.78. The number of ketones is 1. The summed E-state index contributed by atoms with van der Waals surface area (Å²) in [7, 11) is 0. The Morgan fingerprint density at radius 1 is 1.28 bits per heavy atom. The van der Waals surface area contributed by atoms with Crippen molar-refractivity contribution in [2.75, 3.05) is 6.54 Å². The molecule has 0 spiro atoms. The molecule has 0 bridgehead atoms. The van der Waals surface area contributed by atoms with Gasteiger partial charge in [0.25, 0.3) is 0 Å². The molecule has 1 heterocycles. The van der Waals surface area contributed by atoms with Gasteiger partial charge in [-0.25, -0.2) is 8.78 Å². The molecular formula is C13H13F2NO2. The second-order valence-corrected chi connectivity index (χ2v) is 4.42. The van der Waals surface area contributed by atoms with Crippen LogP contribution in [-0.2, 0) is 4.79 Å². The zero-order valence-electron chi connectivity index (χ0n) is 9.71. The number of rotatable bonds is 3. The number of carbonyl (C=O) groups excluding carboxylic acids is 2. The number of Topliss-reactive ketones (excluding diaryl/α,β-unsaturated/α-hetero) is 1. The van der Waals surface area contributed by atoms with Crippen LogP contribution in [0.1, 0.15) is 29.6 Å². The van der Waals surface area contributed by atoms with E-state index in [9.17, 15) is 18.4 Å². The van der Waals surface area contributed by atoms with Crippen LogP contribution in [0.3, 0.4) is 0 Å². The van der Waals surface area contributed by atoms with Gasteiger partial charge in [0.1, 0.15) is 11.6 Å². The third-order valence-corrected chi connectivity index (χ3v) is 3.02. The Labute approximate surface area is 103 Å². The first-order valence-corrected chi connectivity index (χ1v) is 5.83. The van der Waals surface area contributed by atoms with Gasteiger partial charge in [-0.15, -0.1) is 0 Å². The quantitative estimate of drug-likeness (QED) is 0.838. The van der Waals surface area contributed by atoms with Crippen molar-refractivity contribution in [2.45, 2.75) is 19.3 Å². The van der Waals surface area contributed by atoms with Crippen LogP contribution in [-0.4, -0.2) is 18.2 Å². The zero-order valence-corrected chi connectivity index (χ0v) is 9.71. The molecule has 1 aromatic rings. The van der Waals surface area contributed by atoms with Gasteiger partial charge < -0.3 is 5.32 Å². The number of piperidine rings is 1. The molecule has 0 unspecified atom stereocenters. The van der Waals surface area contributed by atoms with Crippen molar-refractivity contribution in [1.29, 1.82) is 0 Å². The average Bonchev–Trinajstić information content (AvgIpc) is 2.31. The minimum atomic E-state index is -0.786. The van der Waals surface area contributed by atoms with Gasteiger partial charge in [0.15, 0.2) is 5.78 Å². The van der Waals surface area contributed by atoms with Crippen molar-refractivity contribution in [3.63, 3.8) is 0 Å². The Morgan fingerprint density at radius 3 is 2.56 bits per heavy atom. The molecule has 5 heteroatoms. The maximum absolute atomic E-state index is 13.0. The van der Waals surface area contributed by atoms with Crippen molar-refractivity contribution in [3.05, 3.63) is 35.4 Å². The van der Waals surface area contributed by atoms with Gasteiger partial charge >= 0.3 is 0 Å². The number of carbonyl (C=O) groups is 2. The van der Waals surface area contributed by atoms with Gasteiger partial charge in [0, 0.05) is 30.5 Å². The van der Waals surface area contributed by atoms with Crippen molar-refractivity contribution in [1.82, 2.24) is 5.32 Å². The number of benzene rings is 1.